The predicted molar refractivity (Wildman–Crippen MR) is 83.7 cm³/mol. The average Bonchev–Trinajstić information content (AvgIpc) is 2.99. The number of halogens is 1. The van der Waals surface area contributed by atoms with Gasteiger partial charge < -0.3 is 14.7 Å². The number of rotatable bonds is 4. The molecule has 0 saturated heterocycles. The molecule has 2 rings (SSSR count). The van der Waals surface area contributed by atoms with E-state index >= 15 is 0 Å². The molecule has 0 spiro atoms. The number of carbonyl (C=O) groups excluding carboxylic acids is 1. The number of amides is 2. The minimum absolute atomic E-state index is 0.0814. The summed E-state index contributed by atoms with van der Waals surface area (Å²) in [5.74, 6) is 0.741. The Hall–Kier alpha value is -1.53. The number of aromatic nitrogens is 1. The molecular formula is C14H18ClN3O2S. The summed E-state index contributed by atoms with van der Waals surface area (Å²) in [5.41, 5.74) is 1.75. The molecule has 0 unspecified atom stereocenters. The third-order valence-electron chi connectivity index (χ3n) is 3.28. The number of aryl methyl sites for hydroxylation is 2. The molecular weight excluding hydrogens is 310 g/mol. The molecule has 0 aliphatic heterocycles. The van der Waals surface area contributed by atoms with Crippen LogP contribution in [-0.4, -0.2) is 23.1 Å². The summed E-state index contributed by atoms with van der Waals surface area (Å²) in [6.45, 7) is 6.11. The molecule has 114 valence electrons. The van der Waals surface area contributed by atoms with Crippen molar-refractivity contribution in [2.24, 2.45) is 0 Å². The maximum atomic E-state index is 12.2. The number of hydrogen-bond acceptors (Lipinski definition) is 4. The highest BCUT2D eigenvalue weighted by molar-refractivity contribution is 7.16. The van der Waals surface area contributed by atoms with Crippen LogP contribution in [0, 0.1) is 13.8 Å². The third-order valence-corrected chi connectivity index (χ3v) is 4.70. The molecule has 1 atom stereocenters. The molecule has 2 aromatic heterocycles. The van der Waals surface area contributed by atoms with E-state index in [-0.39, 0.29) is 12.1 Å². The molecule has 7 heteroatoms. The standard InChI is InChI=1S/C14H18ClN3O2S/c1-8-11(10(3)20-17-8)7-18(4)14(19)16-9(2)12-5-6-13(15)21-12/h5-6,9H,7H2,1-4H3,(H,16,19)/t9-/m0/s1. The first kappa shape index (κ1) is 15.9. The molecule has 0 saturated carbocycles. The first-order valence-corrected chi connectivity index (χ1v) is 7.76. The second-order valence-corrected chi connectivity index (χ2v) is 6.72. The molecule has 0 radical (unpaired) electrons. The Balaban J connectivity index is 1.97. The minimum atomic E-state index is -0.146. The largest absolute Gasteiger partial charge is 0.361 e. The molecule has 0 aliphatic carbocycles. The van der Waals surface area contributed by atoms with Gasteiger partial charge in [-0.05, 0) is 32.9 Å². The Labute approximate surface area is 132 Å². The van der Waals surface area contributed by atoms with Gasteiger partial charge in [0.25, 0.3) is 0 Å². The lowest BCUT2D eigenvalue weighted by Gasteiger charge is -2.20. The van der Waals surface area contributed by atoms with E-state index in [1.165, 1.54) is 11.3 Å². The van der Waals surface area contributed by atoms with E-state index in [1.807, 2.05) is 32.9 Å². The number of nitrogens with one attached hydrogen (secondary N) is 1. The van der Waals surface area contributed by atoms with Crippen molar-refractivity contribution in [3.05, 3.63) is 38.4 Å². The molecule has 0 bridgehead atoms. The van der Waals surface area contributed by atoms with Gasteiger partial charge in [0.1, 0.15) is 5.76 Å². The van der Waals surface area contributed by atoms with Crippen LogP contribution in [0.3, 0.4) is 0 Å². The van der Waals surface area contributed by atoms with Crippen molar-refractivity contribution >= 4 is 29.0 Å². The smallest absolute Gasteiger partial charge is 0.317 e. The monoisotopic (exact) mass is 327 g/mol. The van der Waals surface area contributed by atoms with Crippen LogP contribution in [0.4, 0.5) is 4.79 Å². The zero-order valence-corrected chi connectivity index (χ0v) is 14.0. The Morgan fingerprint density at radius 1 is 1.52 bits per heavy atom. The van der Waals surface area contributed by atoms with Gasteiger partial charge in [-0.25, -0.2) is 4.79 Å². The van der Waals surface area contributed by atoms with Crippen LogP contribution >= 0.6 is 22.9 Å². The van der Waals surface area contributed by atoms with Crippen molar-refractivity contribution in [3.63, 3.8) is 0 Å². The lowest BCUT2D eigenvalue weighted by atomic mass is 10.2. The fourth-order valence-corrected chi connectivity index (χ4v) is 3.03. The quantitative estimate of drug-likeness (QED) is 0.926. The first-order valence-electron chi connectivity index (χ1n) is 6.57. The van der Waals surface area contributed by atoms with Crippen LogP contribution in [0.25, 0.3) is 0 Å². The lowest BCUT2D eigenvalue weighted by Crippen LogP contribution is -2.38. The number of carbonyl (C=O) groups is 1. The highest BCUT2D eigenvalue weighted by Crippen LogP contribution is 2.26. The van der Waals surface area contributed by atoms with Crippen LogP contribution in [-0.2, 0) is 6.54 Å². The summed E-state index contributed by atoms with van der Waals surface area (Å²) in [4.78, 5) is 14.9. The maximum absolute atomic E-state index is 12.2. The zero-order valence-electron chi connectivity index (χ0n) is 12.4. The number of nitrogens with zero attached hydrogens (tertiary/aromatic N) is 2. The molecule has 1 N–H and O–H groups in total. The van der Waals surface area contributed by atoms with Crippen molar-refractivity contribution in [1.29, 1.82) is 0 Å². The van der Waals surface area contributed by atoms with Crippen LogP contribution in [0.5, 0.6) is 0 Å². The van der Waals surface area contributed by atoms with Gasteiger partial charge in [0.05, 0.1) is 22.6 Å². The van der Waals surface area contributed by atoms with E-state index in [0.717, 1.165) is 26.2 Å². The predicted octanol–water partition coefficient (Wildman–Crippen LogP) is 3.91. The van der Waals surface area contributed by atoms with E-state index in [4.69, 9.17) is 16.1 Å². The normalized spacial score (nSPS) is 12.2. The molecule has 0 aromatic carbocycles. The minimum Gasteiger partial charge on any atom is -0.361 e. The third kappa shape index (κ3) is 3.77. The Morgan fingerprint density at radius 2 is 2.24 bits per heavy atom. The topological polar surface area (TPSA) is 58.4 Å². The van der Waals surface area contributed by atoms with E-state index < -0.39 is 0 Å². The number of hydrogen-bond donors (Lipinski definition) is 1. The summed E-state index contributed by atoms with van der Waals surface area (Å²) < 4.78 is 5.83. The summed E-state index contributed by atoms with van der Waals surface area (Å²) in [6, 6.07) is 3.53. The summed E-state index contributed by atoms with van der Waals surface area (Å²) >= 11 is 7.38. The molecule has 21 heavy (non-hydrogen) atoms. The Morgan fingerprint density at radius 3 is 2.76 bits per heavy atom. The van der Waals surface area contributed by atoms with Crippen molar-refractivity contribution < 1.29 is 9.32 Å². The lowest BCUT2D eigenvalue weighted by molar-refractivity contribution is 0.203. The average molecular weight is 328 g/mol. The Kier molecular flexibility index (Phi) is 4.90. The number of thiophene rings is 1. The maximum Gasteiger partial charge on any atom is 0.317 e. The van der Waals surface area contributed by atoms with E-state index in [2.05, 4.69) is 10.5 Å². The zero-order chi connectivity index (χ0) is 15.6. The second-order valence-electron chi connectivity index (χ2n) is 4.97. The SMILES string of the molecule is Cc1noc(C)c1CN(C)C(=O)N[C@@H](C)c1ccc(Cl)s1. The van der Waals surface area contributed by atoms with Crippen LogP contribution in [0.2, 0.25) is 4.34 Å². The van der Waals surface area contributed by atoms with Gasteiger partial charge in [-0.1, -0.05) is 16.8 Å². The van der Waals surface area contributed by atoms with Crippen LogP contribution < -0.4 is 5.32 Å². The molecule has 2 amide bonds. The summed E-state index contributed by atoms with van der Waals surface area (Å²) in [5, 5.41) is 6.84. The van der Waals surface area contributed by atoms with Crippen LogP contribution in [0.15, 0.2) is 16.7 Å². The fraction of sp³-hybridized carbons (Fsp3) is 0.429. The van der Waals surface area contributed by atoms with Crippen molar-refractivity contribution in [1.82, 2.24) is 15.4 Å². The number of urea groups is 1. The van der Waals surface area contributed by atoms with Gasteiger partial charge in [-0.2, -0.15) is 0 Å². The van der Waals surface area contributed by atoms with Gasteiger partial charge in [-0.3, -0.25) is 0 Å². The first-order chi connectivity index (χ1) is 9.88. The molecule has 2 aromatic rings. The highest BCUT2D eigenvalue weighted by Gasteiger charge is 2.18. The van der Waals surface area contributed by atoms with E-state index in [9.17, 15) is 4.79 Å². The van der Waals surface area contributed by atoms with Crippen molar-refractivity contribution in [2.45, 2.75) is 33.4 Å². The second kappa shape index (κ2) is 6.49. The summed E-state index contributed by atoms with van der Waals surface area (Å²) in [7, 11) is 1.75. The van der Waals surface area contributed by atoms with Gasteiger partial charge in [0, 0.05) is 17.5 Å². The van der Waals surface area contributed by atoms with Crippen LogP contribution in [0.1, 0.15) is 34.9 Å². The Bertz CT molecular complexity index is 618. The fourth-order valence-electron chi connectivity index (χ4n) is 1.96. The summed E-state index contributed by atoms with van der Waals surface area (Å²) in [6.07, 6.45) is 0. The molecule has 0 aliphatic rings. The molecule has 0 fully saturated rings. The van der Waals surface area contributed by atoms with Crippen molar-refractivity contribution in [2.75, 3.05) is 7.05 Å². The van der Waals surface area contributed by atoms with Gasteiger partial charge >= 0.3 is 6.03 Å². The highest BCUT2D eigenvalue weighted by atomic mass is 35.5. The van der Waals surface area contributed by atoms with Gasteiger partial charge in [-0.15, -0.1) is 11.3 Å². The van der Waals surface area contributed by atoms with Gasteiger partial charge in [0.2, 0.25) is 0 Å². The van der Waals surface area contributed by atoms with Crippen molar-refractivity contribution in [3.8, 4) is 0 Å². The van der Waals surface area contributed by atoms with E-state index in [1.54, 1.807) is 11.9 Å². The van der Waals surface area contributed by atoms with E-state index in [0.29, 0.717) is 6.54 Å². The molecule has 2 heterocycles. The molecule has 5 nitrogen and oxygen atoms in total. The van der Waals surface area contributed by atoms with Gasteiger partial charge in [0.15, 0.2) is 0 Å².